The number of thioether (sulfide) groups is 1. The van der Waals surface area contributed by atoms with Crippen LogP contribution in [0.1, 0.15) is 12.3 Å². The maximum Gasteiger partial charge on any atom is 0.271 e. The SMILES string of the molecule is CN(Cc1nc2cc([N+](=O)[O-])ccc2o1)[C@H]1CCSC1. The van der Waals surface area contributed by atoms with E-state index >= 15 is 0 Å². The second-order valence-corrected chi connectivity index (χ2v) is 6.10. The van der Waals surface area contributed by atoms with Gasteiger partial charge in [-0.2, -0.15) is 11.8 Å². The number of nitrogens with zero attached hydrogens (tertiary/aromatic N) is 3. The summed E-state index contributed by atoms with van der Waals surface area (Å²) in [5.74, 6) is 2.96. The van der Waals surface area contributed by atoms with E-state index in [9.17, 15) is 10.1 Å². The Labute approximate surface area is 120 Å². The van der Waals surface area contributed by atoms with Crippen molar-refractivity contribution >= 4 is 28.5 Å². The molecule has 0 bridgehead atoms. The van der Waals surface area contributed by atoms with Gasteiger partial charge >= 0.3 is 0 Å². The van der Waals surface area contributed by atoms with E-state index in [4.69, 9.17) is 4.42 Å². The van der Waals surface area contributed by atoms with Crippen molar-refractivity contribution in [2.45, 2.75) is 19.0 Å². The summed E-state index contributed by atoms with van der Waals surface area (Å²) in [5, 5.41) is 10.7. The van der Waals surface area contributed by atoms with Crippen molar-refractivity contribution < 1.29 is 9.34 Å². The molecule has 1 saturated heterocycles. The molecule has 6 nitrogen and oxygen atoms in total. The molecule has 0 N–H and O–H groups in total. The lowest BCUT2D eigenvalue weighted by Gasteiger charge is -2.21. The summed E-state index contributed by atoms with van der Waals surface area (Å²) in [6.07, 6.45) is 1.19. The van der Waals surface area contributed by atoms with Crippen LogP contribution in [0.15, 0.2) is 22.6 Å². The third-order valence-corrected chi connectivity index (χ3v) is 4.68. The molecule has 7 heteroatoms. The van der Waals surface area contributed by atoms with E-state index in [1.54, 1.807) is 6.07 Å². The number of nitro benzene ring substituents is 1. The van der Waals surface area contributed by atoms with Crippen molar-refractivity contribution in [2.24, 2.45) is 0 Å². The fourth-order valence-corrected chi connectivity index (χ4v) is 3.66. The first kappa shape index (κ1) is 13.4. The number of hydrogen-bond donors (Lipinski definition) is 0. The Morgan fingerprint density at radius 1 is 1.60 bits per heavy atom. The average molecular weight is 293 g/mol. The van der Waals surface area contributed by atoms with Crippen LogP contribution < -0.4 is 0 Å². The first-order valence-corrected chi connectivity index (χ1v) is 7.61. The van der Waals surface area contributed by atoms with Gasteiger partial charge in [0.25, 0.3) is 5.69 Å². The minimum Gasteiger partial charge on any atom is -0.439 e. The van der Waals surface area contributed by atoms with Crippen molar-refractivity contribution in [2.75, 3.05) is 18.6 Å². The summed E-state index contributed by atoms with van der Waals surface area (Å²) >= 11 is 1.96. The maximum absolute atomic E-state index is 10.7. The summed E-state index contributed by atoms with van der Waals surface area (Å²) in [6.45, 7) is 0.633. The predicted octanol–water partition coefficient (Wildman–Crippen LogP) is 2.67. The zero-order chi connectivity index (χ0) is 14.1. The summed E-state index contributed by atoms with van der Waals surface area (Å²) in [4.78, 5) is 16.9. The van der Waals surface area contributed by atoms with Crippen LogP contribution in [0, 0.1) is 10.1 Å². The fraction of sp³-hybridized carbons (Fsp3) is 0.462. The first-order valence-electron chi connectivity index (χ1n) is 6.45. The van der Waals surface area contributed by atoms with Gasteiger partial charge in [-0.05, 0) is 25.3 Å². The summed E-state index contributed by atoms with van der Waals surface area (Å²) < 4.78 is 5.65. The number of non-ortho nitro benzene ring substituents is 1. The monoisotopic (exact) mass is 293 g/mol. The van der Waals surface area contributed by atoms with Crippen LogP contribution in [0.25, 0.3) is 11.1 Å². The number of oxazole rings is 1. The normalized spacial score (nSPS) is 19.0. The lowest BCUT2D eigenvalue weighted by molar-refractivity contribution is -0.384. The Morgan fingerprint density at radius 3 is 3.15 bits per heavy atom. The van der Waals surface area contributed by atoms with E-state index in [0.29, 0.717) is 29.6 Å². The van der Waals surface area contributed by atoms with Gasteiger partial charge in [0.05, 0.1) is 11.5 Å². The van der Waals surface area contributed by atoms with Crippen molar-refractivity contribution in [1.82, 2.24) is 9.88 Å². The maximum atomic E-state index is 10.7. The van der Waals surface area contributed by atoms with Crippen LogP contribution in [0.5, 0.6) is 0 Å². The lowest BCUT2D eigenvalue weighted by Crippen LogP contribution is -2.30. The molecular weight excluding hydrogens is 278 g/mol. The zero-order valence-electron chi connectivity index (χ0n) is 11.1. The minimum atomic E-state index is -0.421. The van der Waals surface area contributed by atoms with E-state index in [1.165, 1.54) is 24.3 Å². The molecule has 0 amide bonds. The van der Waals surface area contributed by atoms with Crippen LogP contribution >= 0.6 is 11.8 Å². The van der Waals surface area contributed by atoms with Crippen LogP contribution in [0.2, 0.25) is 0 Å². The fourth-order valence-electron chi connectivity index (χ4n) is 2.36. The molecule has 1 fully saturated rings. The van der Waals surface area contributed by atoms with Gasteiger partial charge in [-0.3, -0.25) is 15.0 Å². The quantitative estimate of drug-likeness (QED) is 0.637. The lowest BCUT2D eigenvalue weighted by atomic mass is 10.2. The summed E-state index contributed by atoms with van der Waals surface area (Å²) in [5.41, 5.74) is 1.18. The molecule has 2 heterocycles. The molecular formula is C13H15N3O3S. The molecule has 20 heavy (non-hydrogen) atoms. The Hall–Kier alpha value is -1.60. The molecule has 1 aromatic heterocycles. The number of rotatable bonds is 4. The van der Waals surface area contributed by atoms with Gasteiger partial charge in [0.2, 0.25) is 5.89 Å². The molecule has 1 aliphatic rings. The number of benzene rings is 1. The molecule has 3 rings (SSSR count). The highest BCUT2D eigenvalue weighted by atomic mass is 32.2. The molecule has 1 aromatic carbocycles. The van der Waals surface area contributed by atoms with Crippen molar-refractivity contribution in [3.63, 3.8) is 0 Å². The Bertz CT molecular complexity index is 637. The number of nitro groups is 1. The number of aromatic nitrogens is 1. The highest BCUT2D eigenvalue weighted by Gasteiger charge is 2.21. The third-order valence-electron chi connectivity index (χ3n) is 3.54. The zero-order valence-corrected chi connectivity index (χ0v) is 11.9. The Balaban J connectivity index is 1.79. The van der Waals surface area contributed by atoms with Crippen LogP contribution in [-0.4, -0.2) is 39.4 Å². The average Bonchev–Trinajstić information content (AvgIpc) is 3.06. The Morgan fingerprint density at radius 2 is 2.45 bits per heavy atom. The summed E-state index contributed by atoms with van der Waals surface area (Å²) in [6, 6.07) is 5.06. The van der Waals surface area contributed by atoms with Gasteiger partial charge in [-0.25, -0.2) is 4.98 Å². The van der Waals surface area contributed by atoms with E-state index in [2.05, 4.69) is 16.9 Å². The van der Waals surface area contributed by atoms with Crippen LogP contribution in [-0.2, 0) is 6.54 Å². The second-order valence-electron chi connectivity index (χ2n) is 4.95. The standard InChI is InChI=1S/C13H15N3O3S/c1-15(10-4-5-20-8-10)7-13-14-11-6-9(16(17)18)2-3-12(11)19-13/h2-3,6,10H,4-5,7-8H2,1H3/t10-/m0/s1. The minimum absolute atomic E-state index is 0.0397. The number of hydrogen-bond acceptors (Lipinski definition) is 6. The van der Waals surface area contributed by atoms with E-state index in [0.717, 1.165) is 5.75 Å². The van der Waals surface area contributed by atoms with Gasteiger partial charge in [-0.15, -0.1) is 0 Å². The topological polar surface area (TPSA) is 72.4 Å². The van der Waals surface area contributed by atoms with E-state index < -0.39 is 4.92 Å². The van der Waals surface area contributed by atoms with E-state index in [1.807, 2.05) is 11.8 Å². The predicted molar refractivity (Wildman–Crippen MR) is 77.9 cm³/mol. The molecule has 2 aromatic rings. The molecule has 0 unspecified atom stereocenters. The van der Waals surface area contributed by atoms with Gasteiger partial charge in [0.15, 0.2) is 5.58 Å². The van der Waals surface area contributed by atoms with Crippen molar-refractivity contribution in [3.8, 4) is 0 Å². The molecule has 0 radical (unpaired) electrons. The highest BCUT2D eigenvalue weighted by Crippen LogP contribution is 2.25. The van der Waals surface area contributed by atoms with Gasteiger partial charge < -0.3 is 4.42 Å². The van der Waals surface area contributed by atoms with Gasteiger partial charge in [-0.1, -0.05) is 0 Å². The molecule has 106 valence electrons. The van der Waals surface area contributed by atoms with Gasteiger partial charge in [0, 0.05) is 23.9 Å². The number of fused-ring (bicyclic) bond motifs is 1. The first-order chi connectivity index (χ1) is 9.63. The smallest absolute Gasteiger partial charge is 0.271 e. The van der Waals surface area contributed by atoms with Crippen LogP contribution in [0.3, 0.4) is 0 Å². The highest BCUT2D eigenvalue weighted by molar-refractivity contribution is 7.99. The van der Waals surface area contributed by atoms with Crippen LogP contribution in [0.4, 0.5) is 5.69 Å². The molecule has 1 aliphatic heterocycles. The van der Waals surface area contributed by atoms with Crippen molar-refractivity contribution in [1.29, 1.82) is 0 Å². The van der Waals surface area contributed by atoms with Gasteiger partial charge in [0.1, 0.15) is 5.52 Å². The molecule has 0 spiro atoms. The molecule has 1 atom stereocenters. The second kappa shape index (κ2) is 5.41. The molecule has 0 aliphatic carbocycles. The summed E-state index contributed by atoms with van der Waals surface area (Å²) in [7, 11) is 2.06. The third kappa shape index (κ3) is 2.64. The largest absolute Gasteiger partial charge is 0.439 e. The molecule has 0 saturated carbocycles. The Kier molecular flexibility index (Phi) is 3.62. The van der Waals surface area contributed by atoms with E-state index in [-0.39, 0.29) is 5.69 Å². The van der Waals surface area contributed by atoms with Crippen molar-refractivity contribution in [3.05, 3.63) is 34.2 Å².